The second-order valence-electron chi connectivity index (χ2n) is 7.72. The van der Waals surface area contributed by atoms with E-state index in [4.69, 9.17) is 4.43 Å². The highest BCUT2D eigenvalue weighted by atomic mass is 28.4. The van der Waals surface area contributed by atoms with Crippen molar-refractivity contribution in [2.24, 2.45) is 5.41 Å². The van der Waals surface area contributed by atoms with Crippen molar-refractivity contribution in [2.75, 3.05) is 13.2 Å². The molecule has 0 aromatic carbocycles. The minimum absolute atomic E-state index is 0.126. The van der Waals surface area contributed by atoms with Gasteiger partial charge in [-0.2, -0.15) is 0 Å². The number of ketones is 1. The van der Waals surface area contributed by atoms with Gasteiger partial charge in [0.25, 0.3) is 0 Å². The van der Waals surface area contributed by atoms with Gasteiger partial charge in [0.05, 0.1) is 18.6 Å². The summed E-state index contributed by atoms with van der Waals surface area (Å²) < 4.78 is 6.27. The molecular weight excluding hydrogens is 268 g/mol. The van der Waals surface area contributed by atoms with Crippen molar-refractivity contribution in [2.45, 2.75) is 65.6 Å². The van der Waals surface area contributed by atoms with E-state index in [2.05, 4.69) is 40.8 Å². The summed E-state index contributed by atoms with van der Waals surface area (Å²) in [6, 6.07) is 0. The Kier molecular flexibility index (Phi) is 5.05. The molecule has 0 amide bonds. The molecule has 0 aromatic rings. The van der Waals surface area contributed by atoms with Crippen LogP contribution >= 0.6 is 0 Å². The zero-order chi connectivity index (χ0) is 15.8. The van der Waals surface area contributed by atoms with Gasteiger partial charge in [0.2, 0.25) is 0 Å². The van der Waals surface area contributed by atoms with Crippen LogP contribution in [0.5, 0.6) is 0 Å². The molecule has 0 fully saturated rings. The van der Waals surface area contributed by atoms with Crippen molar-refractivity contribution >= 4 is 14.1 Å². The molecule has 0 radical (unpaired) electrons. The van der Waals surface area contributed by atoms with E-state index in [1.165, 1.54) is 5.57 Å². The Hall–Kier alpha value is -0.453. The number of hydrogen-bond donors (Lipinski definition) is 1. The first-order chi connectivity index (χ1) is 8.95. The van der Waals surface area contributed by atoms with E-state index in [1.54, 1.807) is 0 Å². The third-order valence-corrected chi connectivity index (χ3v) is 9.70. The minimum Gasteiger partial charge on any atom is -0.413 e. The monoisotopic (exact) mass is 298 g/mol. The number of aliphatic hydroxyl groups excluding tert-OH is 1. The van der Waals surface area contributed by atoms with Crippen molar-refractivity contribution in [3.05, 3.63) is 11.1 Å². The lowest BCUT2D eigenvalue weighted by molar-refractivity contribution is -0.128. The number of hydrogen-bond acceptors (Lipinski definition) is 3. The molecule has 4 heteroatoms. The summed E-state index contributed by atoms with van der Waals surface area (Å²) in [6.07, 6.45) is 1.33. The summed E-state index contributed by atoms with van der Waals surface area (Å²) in [5.74, 6) is 0.138. The van der Waals surface area contributed by atoms with E-state index in [1.807, 2.05) is 6.92 Å². The Morgan fingerprint density at radius 3 is 2.30 bits per heavy atom. The summed E-state index contributed by atoms with van der Waals surface area (Å²) >= 11 is 0. The average molecular weight is 298 g/mol. The molecule has 3 nitrogen and oxygen atoms in total. The van der Waals surface area contributed by atoms with Crippen molar-refractivity contribution < 1.29 is 14.3 Å². The number of carbonyl (C=O) groups excluding carboxylic acids is 1. The molecule has 1 atom stereocenters. The second kappa shape index (κ2) is 5.74. The van der Waals surface area contributed by atoms with Gasteiger partial charge in [-0.15, -0.1) is 0 Å². The molecule has 0 saturated heterocycles. The first-order valence-corrected chi connectivity index (χ1v) is 10.3. The summed E-state index contributed by atoms with van der Waals surface area (Å²) in [6.45, 7) is 15.3. The molecule has 0 unspecified atom stereocenters. The summed E-state index contributed by atoms with van der Waals surface area (Å²) in [7, 11) is -1.84. The predicted octanol–water partition coefficient (Wildman–Crippen LogP) is 3.69. The molecule has 0 spiro atoms. The first-order valence-electron chi connectivity index (χ1n) is 7.43. The average Bonchev–Trinajstić information content (AvgIpc) is 2.32. The van der Waals surface area contributed by atoms with Crippen LogP contribution in [0, 0.1) is 5.41 Å². The predicted molar refractivity (Wildman–Crippen MR) is 85.3 cm³/mol. The van der Waals surface area contributed by atoms with Gasteiger partial charge in [0, 0.05) is 6.42 Å². The lowest BCUT2D eigenvalue weighted by Crippen LogP contribution is -2.44. The van der Waals surface area contributed by atoms with Crippen LogP contribution in [-0.4, -0.2) is 32.4 Å². The number of carbonyl (C=O) groups is 1. The largest absolute Gasteiger partial charge is 0.413 e. The molecule has 0 bridgehead atoms. The highest BCUT2D eigenvalue weighted by molar-refractivity contribution is 6.74. The summed E-state index contributed by atoms with van der Waals surface area (Å²) in [5, 5.41) is 9.85. The zero-order valence-electron chi connectivity index (χ0n) is 14.1. The van der Waals surface area contributed by atoms with Crippen LogP contribution in [0.3, 0.4) is 0 Å². The first kappa shape index (κ1) is 17.6. The van der Waals surface area contributed by atoms with Gasteiger partial charge < -0.3 is 9.53 Å². The highest BCUT2D eigenvalue weighted by Crippen LogP contribution is 2.41. The molecule has 0 saturated carbocycles. The van der Waals surface area contributed by atoms with Crippen LogP contribution < -0.4 is 0 Å². The van der Waals surface area contributed by atoms with Crippen LogP contribution in [0.1, 0.15) is 47.5 Å². The van der Waals surface area contributed by atoms with Gasteiger partial charge in [0.1, 0.15) is 5.78 Å². The van der Waals surface area contributed by atoms with E-state index in [0.717, 1.165) is 12.0 Å². The quantitative estimate of drug-likeness (QED) is 0.636. The van der Waals surface area contributed by atoms with Crippen LogP contribution in [0.25, 0.3) is 0 Å². The van der Waals surface area contributed by atoms with E-state index < -0.39 is 13.7 Å². The maximum Gasteiger partial charge on any atom is 0.192 e. The van der Waals surface area contributed by atoms with E-state index in [0.29, 0.717) is 13.0 Å². The van der Waals surface area contributed by atoms with E-state index in [-0.39, 0.29) is 17.4 Å². The molecule has 116 valence electrons. The molecule has 20 heavy (non-hydrogen) atoms. The smallest absolute Gasteiger partial charge is 0.192 e. The Morgan fingerprint density at radius 1 is 1.30 bits per heavy atom. The van der Waals surface area contributed by atoms with E-state index >= 15 is 0 Å². The summed E-state index contributed by atoms with van der Waals surface area (Å²) in [4.78, 5) is 12.2. The molecule has 1 aliphatic rings. The highest BCUT2D eigenvalue weighted by Gasteiger charge is 2.42. The van der Waals surface area contributed by atoms with Gasteiger partial charge in [-0.05, 0) is 44.0 Å². The lowest BCUT2D eigenvalue weighted by Gasteiger charge is -2.40. The third-order valence-electron chi connectivity index (χ3n) is 5.22. The van der Waals surface area contributed by atoms with Gasteiger partial charge >= 0.3 is 0 Å². The normalized spacial score (nSPS) is 25.3. The maximum atomic E-state index is 12.2. The zero-order valence-corrected chi connectivity index (χ0v) is 15.1. The fraction of sp³-hybridized carbons (Fsp3) is 0.812. The topological polar surface area (TPSA) is 46.5 Å². The Labute approximate surface area is 124 Å². The number of Topliss-reactive ketones (excluding diaryl/α,β-unsaturated/α-hetero) is 1. The fourth-order valence-electron chi connectivity index (χ4n) is 2.30. The molecule has 0 heterocycles. The fourth-order valence-corrected chi connectivity index (χ4v) is 3.24. The van der Waals surface area contributed by atoms with Crippen LogP contribution in [0.4, 0.5) is 0 Å². The standard InChI is InChI=1S/C16H30O3Si/c1-12-8-9-14(18)16(5,11-17)13(12)10-19-20(6,7)15(2,3)4/h17H,8-11H2,1-7H3/t16-/m0/s1. The van der Waals surface area contributed by atoms with Gasteiger partial charge in [-0.1, -0.05) is 26.3 Å². The van der Waals surface area contributed by atoms with Crippen molar-refractivity contribution in [1.29, 1.82) is 0 Å². The van der Waals surface area contributed by atoms with Crippen LogP contribution in [-0.2, 0) is 9.22 Å². The minimum atomic E-state index is -1.84. The number of allylic oxidation sites excluding steroid dienone is 1. The van der Waals surface area contributed by atoms with Crippen LogP contribution in [0.15, 0.2) is 11.1 Å². The molecular formula is C16H30O3Si. The van der Waals surface area contributed by atoms with Crippen molar-refractivity contribution in [3.63, 3.8) is 0 Å². The number of rotatable bonds is 4. The third kappa shape index (κ3) is 3.23. The van der Waals surface area contributed by atoms with Gasteiger partial charge in [0.15, 0.2) is 8.32 Å². The molecule has 0 aliphatic heterocycles. The van der Waals surface area contributed by atoms with Crippen molar-refractivity contribution in [3.8, 4) is 0 Å². The van der Waals surface area contributed by atoms with Crippen LogP contribution in [0.2, 0.25) is 18.1 Å². The molecule has 1 aliphatic carbocycles. The lowest BCUT2D eigenvalue weighted by atomic mass is 9.71. The number of aliphatic hydroxyl groups is 1. The van der Waals surface area contributed by atoms with Gasteiger partial charge in [-0.25, -0.2) is 0 Å². The summed E-state index contributed by atoms with van der Waals surface area (Å²) in [5.41, 5.74) is 1.46. The Morgan fingerprint density at radius 2 is 1.85 bits per heavy atom. The second-order valence-corrected chi connectivity index (χ2v) is 12.5. The maximum absolute atomic E-state index is 12.2. The van der Waals surface area contributed by atoms with E-state index in [9.17, 15) is 9.90 Å². The Bertz CT molecular complexity index is 418. The van der Waals surface area contributed by atoms with Crippen molar-refractivity contribution in [1.82, 2.24) is 0 Å². The SMILES string of the molecule is CC1=C(CO[Si](C)(C)C(C)(C)C)[C@](C)(CO)C(=O)CC1. The Balaban J connectivity index is 2.97. The molecule has 1 N–H and O–H groups in total. The van der Waals surface area contributed by atoms with Gasteiger partial charge in [-0.3, -0.25) is 4.79 Å². The molecule has 0 aromatic heterocycles. The molecule has 1 rings (SSSR count).